The molecule has 3 aromatic rings. The largest absolute Gasteiger partial charge is 0.444 e. The van der Waals surface area contributed by atoms with Gasteiger partial charge in [0.15, 0.2) is 0 Å². The van der Waals surface area contributed by atoms with Crippen molar-refractivity contribution in [1.82, 2.24) is 19.9 Å². The number of hydrogen-bond acceptors (Lipinski definition) is 6. The van der Waals surface area contributed by atoms with E-state index in [9.17, 15) is 9.59 Å². The summed E-state index contributed by atoms with van der Waals surface area (Å²) in [5.41, 5.74) is 1.45. The maximum absolute atomic E-state index is 13.6. The molecule has 0 spiro atoms. The number of alkyl carbamates (subject to hydrolysis) is 1. The van der Waals surface area contributed by atoms with Crippen molar-refractivity contribution < 1.29 is 14.3 Å². The highest BCUT2D eigenvalue weighted by Gasteiger charge is 2.29. The molecule has 4 rings (SSSR count). The zero-order valence-corrected chi connectivity index (χ0v) is 22.1. The Morgan fingerprint density at radius 1 is 1.22 bits per heavy atom. The first-order valence-electron chi connectivity index (χ1n) is 12.5. The number of piperidine rings is 1. The number of rotatable bonds is 5. The van der Waals surface area contributed by atoms with Crippen molar-refractivity contribution in [2.75, 3.05) is 29.9 Å². The minimum atomic E-state index is -0.560. The second-order valence-electron chi connectivity index (χ2n) is 10.1. The molecule has 9 nitrogen and oxygen atoms in total. The Bertz CT molecular complexity index is 1350. The molecule has 1 aromatic carbocycles. The predicted molar refractivity (Wildman–Crippen MR) is 145 cm³/mol. The van der Waals surface area contributed by atoms with Gasteiger partial charge in [-0.15, -0.1) is 5.92 Å². The molecular weight excluding hydrogens is 468 g/mol. The van der Waals surface area contributed by atoms with Crippen molar-refractivity contribution >= 4 is 34.5 Å². The number of imidazole rings is 1. The van der Waals surface area contributed by atoms with Gasteiger partial charge in [-0.25, -0.2) is 9.78 Å². The van der Waals surface area contributed by atoms with Crippen LogP contribution in [0.3, 0.4) is 0 Å². The molecule has 37 heavy (non-hydrogen) atoms. The average Bonchev–Trinajstić information content (AvgIpc) is 3.29. The molecule has 1 aliphatic heterocycles. The monoisotopic (exact) mass is 502 g/mol. The fourth-order valence-electron chi connectivity index (χ4n) is 4.39. The number of pyridine rings is 1. The fraction of sp³-hybridized carbons (Fsp3) is 0.429. The van der Waals surface area contributed by atoms with Crippen molar-refractivity contribution in [1.29, 1.82) is 0 Å². The van der Waals surface area contributed by atoms with E-state index in [1.54, 1.807) is 31.3 Å². The van der Waals surface area contributed by atoms with E-state index in [1.165, 1.54) is 0 Å². The Hall–Kier alpha value is -4.06. The van der Waals surface area contributed by atoms with E-state index in [4.69, 9.17) is 4.74 Å². The number of para-hydroxylation sites is 1. The summed E-state index contributed by atoms with van der Waals surface area (Å²) in [6.45, 7) is 8.96. The number of nitrogens with zero attached hydrogens (tertiary/aromatic N) is 5. The molecule has 1 aliphatic rings. The van der Waals surface area contributed by atoms with E-state index >= 15 is 0 Å². The second-order valence-corrected chi connectivity index (χ2v) is 10.1. The minimum absolute atomic E-state index is 0.0866. The standard InChI is InChI=1S/C28H34N6O3/c1-6-7-15-34-24(25(35)32(5)22-16-20-11-8-9-13-23(20)29-17-22)18-30-26(34)33-14-10-12-21(19-33)31-27(36)37-28(2,3)4/h8-9,11,13,16-18,21H,10,12,14-15,19H2,1-5H3,(H,31,36). The molecule has 2 amide bonds. The molecule has 9 heteroatoms. The van der Waals surface area contributed by atoms with Crippen LogP contribution in [0.15, 0.2) is 42.7 Å². The van der Waals surface area contributed by atoms with Crippen molar-refractivity contribution in [3.05, 3.63) is 48.4 Å². The summed E-state index contributed by atoms with van der Waals surface area (Å²) in [7, 11) is 1.73. The lowest BCUT2D eigenvalue weighted by atomic mass is 10.1. The van der Waals surface area contributed by atoms with E-state index in [-0.39, 0.29) is 11.9 Å². The van der Waals surface area contributed by atoms with Gasteiger partial charge in [0.1, 0.15) is 11.3 Å². The van der Waals surface area contributed by atoms with Crippen LogP contribution in [0.2, 0.25) is 0 Å². The van der Waals surface area contributed by atoms with E-state index < -0.39 is 11.7 Å². The first kappa shape index (κ1) is 26.0. The van der Waals surface area contributed by atoms with Crippen molar-refractivity contribution in [2.24, 2.45) is 0 Å². The molecular formula is C28H34N6O3. The maximum Gasteiger partial charge on any atom is 0.407 e. The Balaban J connectivity index is 1.56. The molecule has 1 N–H and O–H groups in total. The van der Waals surface area contributed by atoms with Crippen LogP contribution in [0.25, 0.3) is 10.9 Å². The molecule has 3 heterocycles. The van der Waals surface area contributed by atoms with Crippen LogP contribution < -0.4 is 15.1 Å². The highest BCUT2D eigenvalue weighted by atomic mass is 16.6. The summed E-state index contributed by atoms with van der Waals surface area (Å²) in [6.07, 6.45) is 4.59. The molecule has 0 saturated carbocycles. The van der Waals surface area contributed by atoms with Gasteiger partial charge < -0.3 is 19.9 Å². The van der Waals surface area contributed by atoms with Gasteiger partial charge in [0, 0.05) is 31.6 Å². The van der Waals surface area contributed by atoms with Crippen LogP contribution in [-0.4, -0.2) is 58.3 Å². The Kier molecular flexibility index (Phi) is 7.67. The zero-order valence-electron chi connectivity index (χ0n) is 22.1. The lowest BCUT2D eigenvalue weighted by molar-refractivity contribution is 0.0499. The minimum Gasteiger partial charge on any atom is -0.444 e. The summed E-state index contributed by atoms with van der Waals surface area (Å²) in [5.74, 6) is 6.44. The third-order valence-electron chi connectivity index (χ3n) is 6.16. The number of ether oxygens (including phenoxy) is 1. The van der Waals surface area contributed by atoms with E-state index in [0.717, 1.165) is 30.3 Å². The van der Waals surface area contributed by atoms with E-state index in [2.05, 4.69) is 32.0 Å². The van der Waals surface area contributed by atoms with Gasteiger partial charge in [0.25, 0.3) is 5.91 Å². The van der Waals surface area contributed by atoms with Gasteiger partial charge in [-0.2, -0.15) is 0 Å². The molecule has 1 atom stereocenters. The Morgan fingerprint density at radius 2 is 2.00 bits per heavy atom. The Morgan fingerprint density at radius 3 is 2.76 bits per heavy atom. The summed E-state index contributed by atoms with van der Waals surface area (Å²) < 4.78 is 7.27. The highest BCUT2D eigenvalue weighted by molar-refractivity contribution is 6.05. The number of hydrogen-bond donors (Lipinski definition) is 1. The molecule has 1 saturated heterocycles. The zero-order chi connectivity index (χ0) is 26.6. The number of anilines is 2. The fourth-order valence-corrected chi connectivity index (χ4v) is 4.39. The van der Waals surface area contributed by atoms with Gasteiger partial charge >= 0.3 is 6.09 Å². The van der Waals surface area contributed by atoms with Gasteiger partial charge in [-0.3, -0.25) is 14.3 Å². The third kappa shape index (κ3) is 6.20. The van der Waals surface area contributed by atoms with Gasteiger partial charge in [-0.05, 0) is 52.7 Å². The third-order valence-corrected chi connectivity index (χ3v) is 6.16. The highest BCUT2D eigenvalue weighted by Crippen LogP contribution is 2.24. The second kappa shape index (κ2) is 10.9. The predicted octanol–water partition coefficient (Wildman–Crippen LogP) is 4.22. The lowest BCUT2D eigenvalue weighted by Gasteiger charge is -2.34. The molecule has 2 aromatic heterocycles. The number of aromatic nitrogens is 3. The molecule has 0 bridgehead atoms. The van der Waals surface area contributed by atoms with Crippen LogP contribution in [0.5, 0.6) is 0 Å². The summed E-state index contributed by atoms with van der Waals surface area (Å²) >= 11 is 0. The molecule has 0 radical (unpaired) electrons. The number of amides is 2. The van der Waals surface area contributed by atoms with Crippen LogP contribution in [0, 0.1) is 11.8 Å². The van der Waals surface area contributed by atoms with Crippen LogP contribution in [0.4, 0.5) is 16.4 Å². The van der Waals surface area contributed by atoms with Crippen LogP contribution in [-0.2, 0) is 11.3 Å². The maximum atomic E-state index is 13.6. The topological polar surface area (TPSA) is 92.6 Å². The normalized spacial score (nSPS) is 15.6. The molecule has 1 unspecified atom stereocenters. The van der Waals surface area contributed by atoms with Gasteiger partial charge in [0.2, 0.25) is 5.95 Å². The number of fused-ring (bicyclic) bond motifs is 1. The average molecular weight is 503 g/mol. The summed E-state index contributed by atoms with van der Waals surface area (Å²) in [5, 5.41) is 3.93. The van der Waals surface area contributed by atoms with Gasteiger partial charge in [0.05, 0.1) is 30.1 Å². The molecule has 1 fully saturated rings. The quantitative estimate of drug-likeness (QED) is 0.525. The summed E-state index contributed by atoms with van der Waals surface area (Å²) in [4.78, 5) is 38.7. The first-order chi connectivity index (χ1) is 17.7. The molecule has 0 aliphatic carbocycles. The smallest absolute Gasteiger partial charge is 0.407 e. The van der Waals surface area contributed by atoms with E-state index in [0.29, 0.717) is 30.4 Å². The van der Waals surface area contributed by atoms with Crippen molar-refractivity contribution in [3.8, 4) is 11.8 Å². The number of carbonyl (C=O) groups is 2. The van der Waals surface area contributed by atoms with Crippen LogP contribution in [0.1, 0.15) is 51.0 Å². The molecule has 194 valence electrons. The number of carbonyl (C=O) groups excluding carboxylic acids is 2. The van der Waals surface area contributed by atoms with Gasteiger partial charge in [-0.1, -0.05) is 24.1 Å². The first-order valence-corrected chi connectivity index (χ1v) is 12.5. The summed E-state index contributed by atoms with van der Waals surface area (Å²) in [6, 6.07) is 9.66. The number of benzene rings is 1. The SMILES string of the molecule is CC#CCn1c(C(=O)N(C)c2cnc3ccccc3c2)cnc1N1CCCC(NC(=O)OC(C)(C)C)C1. The Labute approximate surface area is 217 Å². The van der Waals surface area contributed by atoms with Crippen LogP contribution >= 0.6 is 0 Å². The lowest BCUT2D eigenvalue weighted by Crippen LogP contribution is -2.49. The van der Waals surface area contributed by atoms with Crippen molar-refractivity contribution in [2.45, 2.75) is 58.7 Å². The number of nitrogens with one attached hydrogen (secondary N) is 1. The van der Waals surface area contributed by atoms with E-state index in [1.807, 2.05) is 55.7 Å². The van der Waals surface area contributed by atoms with Crippen molar-refractivity contribution in [3.63, 3.8) is 0 Å².